The van der Waals surface area contributed by atoms with Gasteiger partial charge in [0.2, 0.25) is 5.91 Å². The van der Waals surface area contributed by atoms with Crippen molar-refractivity contribution in [2.75, 3.05) is 19.8 Å². The fraction of sp³-hybridized carbons (Fsp3) is 0.429. The zero-order chi connectivity index (χ0) is 28.7. The van der Waals surface area contributed by atoms with Gasteiger partial charge in [-0.15, -0.1) is 0 Å². The van der Waals surface area contributed by atoms with Crippen molar-refractivity contribution >= 4 is 34.9 Å². The number of benzene rings is 2. The highest BCUT2D eigenvalue weighted by molar-refractivity contribution is 7.90. The van der Waals surface area contributed by atoms with Gasteiger partial charge in [-0.2, -0.15) is 0 Å². The first kappa shape index (κ1) is 30.0. The third kappa shape index (κ3) is 7.73. The summed E-state index contributed by atoms with van der Waals surface area (Å²) in [6.45, 7) is -0.138. The summed E-state index contributed by atoms with van der Waals surface area (Å²) in [6.07, 6.45) is 3.74. The van der Waals surface area contributed by atoms with Crippen molar-refractivity contribution in [1.29, 1.82) is 0 Å². The van der Waals surface area contributed by atoms with Gasteiger partial charge in [-0.25, -0.2) is 4.79 Å². The Morgan fingerprint density at radius 1 is 1.00 bits per heavy atom. The Kier molecular flexibility index (Phi) is 9.98. The van der Waals surface area contributed by atoms with Crippen molar-refractivity contribution in [3.8, 4) is 5.75 Å². The fourth-order valence-electron chi connectivity index (χ4n) is 5.08. The second-order valence-electron chi connectivity index (χ2n) is 10.1. The van der Waals surface area contributed by atoms with Crippen LogP contribution in [-0.2, 0) is 32.0 Å². The molecule has 2 aromatic rings. The first-order valence-corrected chi connectivity index (χ1v) is 14.2. The van der Waals surface area contributed by atoms with Crippen LogP contribution in [0, 0.1) is 11.3 Å². The minimum absolute atomic E-state index is 0.00143. The zero-order valence-corrected chi connectivity index (χ0v) is 22.8. The van der Waals surface area contributed by atoms with E-state index in [4.69, 9.17) is 0 Å². The van der Waals surface area contributed by atoms with Crippen LogP contribution in [0.1, 0.15) is 48.0 Å². The Morgan fingerprint density at radius 2 is 1.59 bits per heavy atom. The number of aromatic hydroxyl groups is 1. The molecular formula is C28H34N2O8S. The molecule has 39 heavy (non-hydrogen) atoms. The molecule has 1 aliphatic carbocycles. The molecule has 2 aromatic carbocycles. The lowest BCUT2D eigenvalue weighted by atomic mass is 9.76. The molecule has 2 amide bonds. The maximum Gasteiger partial charge on any atom is 0.326 e. The van der Waals surface area contributed by atoms with Crippen LogP contribution in [0.15, 0.2) is 53.4 Å². The minimum atomic E-state index is -1.23. The van der Waals surface area contributed by atoms with E-state index in [9.17, 15) is 39.1 Å². The van der Waals surface area contributed by atoms with E-state index >= 15 is 0 Å². The third-order valence-corrected chi connectivity index (χ3v) is 8.22. The minimum Gasteiger partial charge on any atom is -0.612 e. The smallest absolute Gasteiger partial charge is 0.326 e. The fourth-order valence-corrected chi connectivity index (χ4v) is 5.60. The van der Waals surface area contributed by atoms with Crippen LogP contribution in [-0.4, -0.2) is 74.4 Å². The number of phenols is 1. The number of hydrogen-bond donors (Lipinski definition) is 4. The average molecular weight is 559 g/mol. The molecule has 0 radical (unpaired) electrons. The van der Waals surface area contributed by atoms with E-state index in [2.05, 4.69) is 5.32 Å². The van der Waals surface area contributed by atoms with Gasteiger partial charge in [0, 0.05) is 25.6 Å². The largest absolute Gasteiger partial charge is 0.612 e. The SMILES string of the molecule is CN(C[C@H](CC1(C(=O)N[C@@H](Cc2ccc(O)cc2)C(=O)O)CCCC1)C(=O)O)C(=O)c1ccc([S+](C)[O-])cc1. The molecule has 1 saturated carbocycles. The monoisotopic (exact) mass is 558 g/mol. The van der Waals surface area contributed by atoms with Gasteiger partial charge in [0.1, 0.15) is 18.0 Å². The molecule has 0 heterocycles. The molecular weight excluding hydrogens is 524 g/mol. The second kappa shape index (κ2) is 13.0. The van der Waals surface area contributed by atoms with Gasteiger partial charge >= 0.3 is 11.9 Å². The number of nitrogens with zero attached hydrogens (tertiary/aromatic N) is 1. The summed E-state index contributed by atoms with van der Waals surface area (Å²) in [7, 11) is 1.49. The Labute approximate surface area is 230 Å². The highest BCUT2D eigenvalue weighted by atomic mass is 32.2. The Hall–Kier alpha value is -3.57. The molecule has 10 nitrogen and oxygen atoms in total. The van der Waals surface area contributed by atoms with Gasteiger partial charge in [-0.1, -0.05) is 25.0 Å². The number of phenolic OH excluding ortho intramolecular Hbond substituents is 1. The van der Waals surface area contributed by atoms with Crippen molar-refractivity contribution in [3.05, 3.63) is 59.7 Å². The van der Waals surface area contributed by atoms with Gasteiger partial charge in [0.15, 0.2) is 4.90 Å². The second-order valence-corrected chi connectivity index (χ2v) is 11.5. The summed E-state index contributed by atoms with van der Waals surface area (Å²) < 4.78 is 11.6. The number of aliphatic carboxylic acids is 2. The van der Waals surface area contributed by atoms with Crippen LogP contribution in [0.4, 0.5) is 0 Å². The highest BCUT2D eigenvalue weighted by Gasteiger charge is 2.45. The first-order valence-electron chi connectivity index (χ1n) is 12.7. The summed E-state index contributed by atoms with van der Waals surface area (Å²) in [6, 6.07) is 11.0. The number of carboxylic acids is 2. The van der Waals surface area contributed by atoms with E-state index in [0.29, 0.717) is 41.7 Å². The Bertz CT molecular complexity index is 1180. The molecule has 0 bridgehead atoms. The molecule has 0 saturated heterocycles. The average Bonchev–Trinajstić information content (AvgIpc) is 3.38. The van der Waals surface area contributed by atoms with Crippen LogP contribution in [0.3, 0.4) is 0 Å². The summed E-state index contributed by atoms with van der Waals surface area (Å²) in [5.74, 6) is -4.29. The van der Waals surface area contributed by atoms with Crippen LogP contribution >= 0.6 is 0 Å². The lowest BCUT2D eigenvalue weighted by Crippen LogP contribution is -2.50. The van der Waals surface area contributed by atoms with Gasteiger partial charge in [-0.05, 0) is 72.4 Å². The van der Waals surface area contributed by atoms with Crippen LogP contribution in [0.25, 0.3) is 0 Å². The Balaban J connectivity index is 1.73. The molecule has 3 atom stereocenters. The standard InChI is InChI=1S/C28H34N2O8S/c1-30(24(32)19-7-11-22(12-8-19)39(2)38)17-20(25(33)34)16-28(13-3-4-14-28)27(37)29-23(26(35)36)15-18-5-9-21(31)10-6-18/h5-12,20,23,31H,3-4,13-17H2,1-2H3,(H,29,37)(H,33,34)(H,35,36)/t20-,23-,39?/m0/s1. The van der Waals surface area contributed by atoms with E-state index in [0.717, 1.165) is 0 Å². The van der Waals surface area contributed by atoms with E-state index in [1.54, 1.807) is 24.3 Å². The number of amides is 2. The van der Waals surface area contributed by atoms with Crippen LogP contribution in [0.2, 0.25) is 0 Å². The van der Waals surface area contributed by atoms with Crippen molar-refractivity contribution in [3.63, 3.8) is 0 Å². The molecule has 11 heteroatoms. The number of nitrogens with one attached hydrogen (secondary N) is 1. The molecule has 1 unspecified atom stereocenters. The van der Waals surface area contributed by atoms with Gasteiger partial charge in [0.25, 0.3) is 5.91 Å². The summed E-state index contributed by atoms with van der Waals surface area (Å²) in [5, 5.41) is 31.8. The van der Waals surface area contributed by atoms with E-state index in [1.165, 1.54) is 42.5 Å². The molecule has 0 aliphatic heterocycles. The van der Waals surface area contributed by atoms with E-state index in [1.807, 2.05) is 0 Å². The van der Waals surface area contributed by atoms with Crippen molar-refractivity contribution in [2.24, 2.45) is 11.3 Å². The number of carbonyl (C=O) groups excluding carboxylic acids is 2. The van der Waals surface area contributed by atoms with Gasteiger partial charge in [-0.3, -0.25) is 14.4 Å². The quantitative estimate of drug-likeness (QED) is 0.288. The predicted molar refractivity (Wildman–Crippen MR) is 144 cm³/mol. The summed E-state index contributed by atoms with van der Waals surface area (Å²) in [5.41, 5.74) is -0.131. The topological polar surface area (TPSA) is 167 Å². The molecule has 1 fully saturated rings. The van der Waals surface area contributed by atoms with Crippen LogP contribution in [0.5, 0.6) is 5.75 Å². The Morgan fingerprint density at radius 3 is 2.10 bits per heavy atom. The lowest BCUT2D eigenvalue weighted by Gasteiger charge is -2.33. The highest BCUT2D eigenvalue weighted by Crippen LogP contribution is 2.44. The van der Waals surface area contributed by atoms with Crippen molar-refractivity contribution in [1.82, 2.24) is 10.2 Å². The van der Waals surface area contributed by atoms with Crippen molar-refractivity contribution in [2.45, 2.75) is 49.5 Å². The maximum atomic E-state index is 13.5. The van der Waals surface area contributed by atoms with Gasteiger partial charge < -0.3 is 30.1 Å². The van der Waals surface area contributed by atoms with Crippen LogP contribution < -0.4 is 5.32 Å². The molecule has 4 N–H and O–H groups in total. The molecule has 0 aromatic heterocycles. The zero-order valence-electron chi connectivity index (χ0n) is 22.0. The maximum absolute atomic E-state index is 13.5. The first-order chi connectivity index (χ1) is 18.4. The van der Waals surface area contributed by atoms with Crippen molar-refractivity contribution < 1.29 is 39.1 Å². The lowest BCUT2D eigenvalue weighted by molar-refractivity contribution is -0.147. The third-order valence-electron chi connectivity index (χ3n) is 7.28. The summed E-state index contributed by atoms with van der Waals surface area (Å²) >= 11 is -1.20. The number of hydrogen-bond acceptors (Lipinski definition) is 6. The number of carboxylic acid groups (broad SMARTS) is 2. The molecule has 0 spiro atoms. The normalized spacial score (nSPS) is 16.6. The molecule has 1 aliphatic rings. The van der Waals surface area contributed by atoms with E-state index < -0.39 is 52.3 Å². The number of carbonyl (C=O) groups is 4. The number of rotatable bonds is 12. The van der Waals surface area contributed by atoms with Gasteiger partial charge in [0.05, 0.1) is 11.3 Å². The summed E-state index contributed by atoms with van der Waals surface area (Å²) in [4.78, 5) is 52.5. The molecule has 210 valence electrons. The molecule has 3 rings (SSSR count). The van der Waals surface area contributed by atoms with E-state index in [-0.39, 0.29) is 25.1 Å². The predicted octanol–water partition coefficient (Wildman–Crippen LogP) is 2.67.